The molecule has 134 valence electrons. The van der Waals surface area contributed by atoms with Crippen LogP contribution < -0.4 is 4.90 Å². The number of hydrogen-bond acceptors (Lipinski definition) is 4. The quantitative estimate of drug-likeness (QED) is 0.780. The van der Waals surface area contributed by atoms with Gasteiger partial charge < -0.3 is 4.90 Å². The Morgan fingerprint density at radius 1 is 1.08 bits per heavy atom. The van der Waals surface area contributed by atoms with E-state index in [0.717, 1.165) is 38.5 Å². The van der Waals surface area contributed by atoms with Gasteiger partial charge in [0.15, 0.2) is 0 Å². The summed E-state index contributed by atoms with van der Waals surface area (Å²) in [6.45, 7) is 0. The van der Waals surface area contributed by atoms with Crippen molar-refractivity contribution in [2.24, 2.45) is 5.92 Å². The van der Waals surface area contributed by atoms with Crippen molar-refractivity contribution in [3.8, 4) is 6.07 Å². The van der Waals surface area contributed by atoms with Gasteiger partial charge in [-0.1, -0.05) is 12.8 Å². The number of amides is 3. The third-order valence-corrected chi connectivity index (χ3v) is 5.61. The van der Waals surface area contributed by atoms with Gasteiger partial charge in [-0.15, -0.1) is 0 Å². The van der Waals surface area contributed by atoms with Gasteiger partial charge in [-0.3, -0.25) is 14.4 Å². The summed E-state index contributed by atoms with van der Waals surface area (Å²) in [6.07, 6.45) is 5.77. The average Bonchev–Trinajstić information content (AvgIpc) is 3.29. The summed E-state index contributed by atoms with van der Waals surface area (Å²) in [5.41, 5.74) is 0.938. The summed E-state index contributed by atoms with van der Waals surface area (Å²) in [7, 11) is 0. The second kappa shape index (κ2) is 6.56. The van der Waals surface area contributed by atoms with E-state index in [-0.39, 0.29) is 36.1 Å². The molecule has 3 amide bonds. The van der Waals surface area contributed by atoms with E-state index in [1.807, 2.05) is 6.07 Å². The number of carbonyl (C=O) groups excluding carboxylic acids is 3. The Morgan fingerprint density at radius 3 is 2.31 bits per heavy atom. The average molecular weight is 351 g/mol. The molecule has 0 aromatic heterocycles. The first-order valence-electron chi connectivity index (χ1n) is 9.29. The van der Waals surface area contributed by atoms with E-state index in [4.69, 9.17) is 5.26 Å². The van der Waals surface area contributed by atoms with E-state index >= 15 is 0 Å². The number of nitriles is 1. The summed E-state index contributed by atoms with van der Waals surface area (Å²) < 4.78 is 0. The molecule has 6 heteroatoms. The molecule has 26 heavy (non-hydrogen) atoms. The minimum Gasteiger partial charge on any atom is -0.327 e. The highest BCUT2D eigenvalue weighted by atomic mass is 16.2. The lowest BCUT2D eigenvalue weighted by Gasteiger charge is -2.33. The highest BCUT2D eigenvalue weighted by Gasteiger charge is 2.49. The molecule has 1 atom stereocenters. The van der Waals surface area contributed by atoms with Crippen LogP contribution in [0.2, 0.25) is 0 Å². The van der Waals surface area contributed by atoms with Gasteiger partial charge in [0, 0.05) is 12.0 Å². The number of nitrogens with zero attached hydrogens (tertiary/aromatic N) is 3. The zero-order chi connectivity index (χ0) is 18.3. The van der Waals surface area contributed by atoms with E-state index in [0.29, 0.717) is 11.3 Å². The molecule has 0 radical (unpaired) electrons. The maximum atomic E-state index is 13.1. The third kappa shape index (κ3) is 2.88. The molecule has 3 fully saturated rings. The van der Waals surface area contributed by atoms with Gasteiger partial charge in [0.25, 0.3) is 5.91 Å². The largest absolute Gasteiger partial charge is 0.327 e. The van der Waals surface area contributed by atoms with E-state index in [2.05, 4.69) is 0 Å². The smallest absolute Gasteiger partial charge is 0.257 e. The van der Waals surface area contributed by atoms with Crippen molar-refractivity contribution < 1.29 is 14.4 Å². The number of hydrogen-bond donors (Lipinski definition) is 0. The van der Waals surface area contributed by atoms with Crippen LogP contribution in [-0.4, -0.2) is 34.7 Å². The molecule has 1 aromatic rings. The van der Waals surface area contributed by atoms with Crippen LogP contribution in [0, 0.1) is 17.2 Å². The van der Waals surface area contributed by atoms with Gasteiger partial charge in [-0.05, 0) is 49.9 Å². The molecule has 1 unspecified atom stereocenters. The summed E-state index contributed by atoms with van der Waals surface area (Å²) in [5, 5.41) is 8.91. The van der Waals surface area contributed by atoms with Crippen LogP contribution in [0.15, 0.2) is 24.3 Å². The molecule has 2 saturated carbocycles. The van der Waals surface area contributed by atoms with Gasteiger partial charge in [0.1, 0.15) is 6.04 Å². The maximum Gasteiger partial charge on any atom is 0.257 e. The van der Waals surface area contributed by atoms with Crippen molar-refractivity contribution in [1.29, 1.82) is 5.26 Å². The lowest BCUT2D eigenvalue weighted by molar-refractivity contribution is -0.142. The minimum atomic E-state index is -0.686. The number of carbonyl (C=O) groups is 3. The Balaban J connectivity index is 1.61. The molecule has 1 saturated heterocycles. The summed E-state index contributed by atoms with van der Waals surface area (Å²) in [4.78, 5) is 41.4. The third-order valence-electron chi connectivity index (χ3n) is 5.61. The van der Waals surface area contributed by atoms with Crippen LogP contribution in [0.3, 0.4) is 0 Å². The predicted octanol–water partition coefficient (Wildman–Crippen LogP) is 2.37. The molecular weight excluding hydrogens is 330 g/mol. The molecule has 6 nitrogen and oxygen atoms in total. The first-order valence-corrected chi connectivity index (χ1v) is 9.29. The first kappa shape index (κ1) is 16.8. The lowest BCUT2D eigenvalue weighted by atomic mass is 10.1. The van der Waals surface area contributed by atoms with Crippen molar-refractivity contribution in [2.75, 3.05) is 4.90 Å². The molecule has 1 aromatic carbocycles. The number of anilines is 1. The highest BCUT2D eigenvalue weighted by molar-refractivity contribution is 6.23. The Kier molecular flexibility index (Phi) is 4.23. The van der Waals surface area contributed by atoms with Crippen molar-refractivity contribution in [2.45, 2.75) is 57.0 Å². The van der Waals surface area contributed by atoms with E-state index in [1.54, 1.807) is 29.2 Å². The number of rotatable bonds is 4. The SMILES string of the molecule is N#Cc1ccc(N2C(=O)CC(N(C(=O)C3CC3)C3CCCC3)C2=O)cc1. The lowest BCUT2D eigenvalue weighted by Crippen LogP contribution is -2.50. The molecule has 0 spiro atoms. The molecule has 0 N–H and O–H groups in total. The molecule has 3 aliphatic rings. The van der Waals surface area contributed by atoms with Crippen LogP contribution >= 0.6 is 0 Å². The van der Waals surface area contributed by atoms with Gasteiger partial charge >= 0.3 is 0 Å². The minimum absolute atomic E-state index is 0.0301. The number of benzene rings is 1. The highest BCUT2D eigenvalue weighted by Crippen LogP contribution is 2.37. The van der Waals surface area contributed by atoms with E-state index in [9.17, 15) is 14.4 Å². The van der Waals surface area contributed by atoms with Crippen LogP contribution in [0.5, 0.6) is 0 Å². The van der Waals surface area contributed by atoms with Crippen LogP contribution in [0.25, 0.3) is 0 Å². The monoisotopic (exact) mass is 351 g/mol. The Morgan fingerprint density at radius 2 is 1.73 bits per heavy atom. The molecule has 4 rings (SSSR count). The van der Waals surface area contributed by atoms with Gasteiger partial charge in [-0.25, -0.2) is 4.90 Å². The van der Waals surface area contributed by atoms with Crippen molar-refractivity contribution in [1.82, 2.24) is 4.90 Å². The van der Waals surface area contributed by atoms with E-state index in [1.165, 1.54) is 4.90 Å². The van der Waals surface area contributed by atoms with Crippen LogP contribution in [0.4, 0.5) is 5.69 Å². The zero-order valence-corrected chi connectivity index (χ0v) is 14.6. The van der Waals surface area contributed by atoms with Crippen molar-refractivity contribution in [3.05, 3.63) is 29.8 Å². The van der Waals surface area contributed by atoms with Crippen molar-refractivity contribution in [3.63, 3.8) is 0 Å². The van der Waals surface area contributed by atoms with Gasteiger partial charge in [-0.2, -0.15) is 5.26 Å². The standard InChI is InChI=1S/C20H21N3O3/c21-12-13-5-9-16(10-6-13)23-18(24)11-17(20(23)26)22(15-3-1-2-4-15)19(25)14-7-8-14/h5-6,9-10,14-15,17H,1-4,7-8,11H2. The molecule has 1 aliphatic heterocycles. The normalized spacial score (nSPS) is 23.3. The Hall–Kier alpha value is -2.68. The fraction of sp³-hybridized carbons (Fsp3) is 0.500. The summed E-state index contributed by atoms with van der Waals surface area (Å²) in [6, 6.07) is 7.82. The summed E-state index contributed by atoms with van der Waals surface area (Å²) in [5.74, 6) is -0.524. The molecular formula is C20H21N3O3. The van der Waals surface area contributed by atoms with Crippen molar-refractivity contribution >= 4 is 23.4 Å². The first-order chi connectivity index (χ1) is 12.6. The van der Waals surface area contributed by atoms with Gasteiger partial charge in [0.05, 0.1) is 23.7 Å². The fourth-order valence-electron chi connectivity index (χ4n) is 4.10. The molecule has 2 aliphatic carbocycles. The van der Waals surface area contributed by atoms with E-state index < -0.39 is 6.04 Å². The van der Waals surface area contributed by atoms with Gasteiger partial charge in [0.2, 0.25) is 11.8 Å². The zero-order valence-electron chi connectivity index (χ0n) is 14.6. The Bertz CT molecular complexity index is 786. The predicted molar refractivity (Wildman–Crippen MR) is 93.9 cm³/mol. The fourth-order valence-corrected chi connectivity index (χ4v) is 4.10. The summed E-state index contributed by atoms with van der Waals surface area (Å²) >= 11 is 0. The topological polar surface area (TPSA) is 81.5 Å². The maximum absolute atomic E-state index is 13.1. The molecule has 1 heterocycles. The van der Waals surface area contributed by atoms with Crippen LogP contribution in [0.1, 0.15) is 50.5 Å². The number of imide groups is 1. The Labute approximate surface area is 152 Å². The molecule has 0 bridgehead atoms. The second-order valence-electron chi connectivity index (χ2n) is 7.40. The van der Waals surface area contributed by atoms with Crippen LogP contribution in [-0.2, 0) is 14.4 Å². The second-order valence-corrected chi connectivity index (χ2v) is 7.40.